The van der Waals surface area contributed by atoms with Crippen LogP contribution in [0.2, 0.25) is 0 Å². The number of aliphatic hydroxyl groups is 1. The molecule has 8 heteroatoms. The number of rotatable bonds is 2. The number of β-amino-alcohol motifs (C(OH)–C–C–N with tert-alkyl or cyclic N) is 1. The van der Waals surface area contributed by atoms with Gasteiger partial charge in [0.05, 0.1) is 0 Å². The molecule has 0 aromatic heterocycles. The van der Waals surface area contributed by atoms with Crippen LogP contribution in [0.25, 0.3) is 0 Å². The molecule has 1 saturated heterocycles. The summed E-state index contributed by atoms with van der Waals surface area (Å²) in [5.74, 6) is 0. The van der Waals surface area contributed by atoms with E-state index in [1.807, 2.05) is 0 Å². The molecule has 2 aliphatic rings. The second-order valence-electron chi connectivity index (χ2n) is 5.39. The lowest BCUT2D eigenvalue weighted by Crippen LogP contribution is -2.71. The van der Waals surface area contributed by atoms with Crippen molar-refractivity contribution in [1.82, 2.24) is 10.2 Å². The van der Waals surface area contributed by atoms with Crippen LogP contribution < -0.4 is 5.32 Å². The van der Waals surface area contributed by atoms with E-state index in [1.54, 1.807) is 4.90 Å². The molecule has 0 radical (unpaired) electrons. The van der Waals surface area contributed by atoms with E-state index in [4.69, 9.17) is 5.11 Å². The van der Waals surface area contributed by atoms with Gasteiger partial charge >= 0.3 is 12.3 Å². The molecule has 1 aliphatic heterocycles. The van der Waals surface area contributed by atoms with Gasteiger partial charge in [0.15, 0.2) is 5.60 Å². The number of nitrogens with zero attached hydrogens (tertiary/aromatic N) is 1. The average molecular weight is 282 g/mol. The zero-order valence-corrected chi connectivity index (χ0v) is 10.3. The molecule has 2 fully saturated rings. The second kappa shape index (κ2) is 4.82. The molecule has 0 atom stereocenters. The number of hydrogen-bond acceptors (Lipinski definition) is 3. The SMILES string of the molecule is O=C(O)NC1CCC(N2CC(O)(C(F)(F)F)C2)CC1. The summed E-state index contributed by atoms with van der Waals surface area (Å²) in [5.41, 5.74) is -2.57. The van der Waals surface area contributed by atoms with Crippen molar-refractivity contribution in [1.29, 1.82) is 0 Å². The van der Waals surface area contributed by atoms with Crippen molar-refractivity contribution >= 4 is 6.09 Å². The number of hydrogen-bond donors (Lipinski definition) is 3. The Morgan fingerprint density at radius 3 is 2.16 bits per heavy atom. The zero-order chi connectivity index (χ0) is 14.3. The molecule has 1 saturated carbocycles. The minimum Gasteiger partial charge on any atom is -0.465 e. The molecule has 0 aromatic carbocycles. The molecule has 110 valence electrons. The van der Waals surface area contributed by atoms with E-state index in [2.05, 4.69) is 5.32 Å². The third-order valence-electron chi connectivity index (χ3n) is 4.00. The largest absolute Gasteiger partial charge is 0.465 e. The number of halogens is 3. The van der Waals surface area contributed by atoms with Gasteiger partial charge in [-0.25, -0.2) is 4.79 Å². The van der Waals surface area contributed by atoms with Crippen LogP contribution in [0.5, 0.6) is 0 Å². The number of alkyl halides is 3. The highest BCUT2D eigenvalue weighted by molar-refractivity contribution is 5.64. The van der Waals surface area contributed by atoms with Crippen molar-refractivity contribution in [2.75, 3.05) is 13.1 Å². The van der Waals surface area contributed by atoms with Crippen LogP contribution in [-0.4, -0.2) is 58.2 Å². The summed E-state index contributed by atoms with van der Waals surface area (Å²) < 4.78 is 37.4. The van der Waals surface area contributed by atoms with Crippen molar-refractivity contribution in [2.24, 2.45) is 0 Å². The normalized spacial score (nSPS) is 31.6. The monoisotopic (exact) mass is 282 g/mol. The van der Waals surface area contributed by atoms with Gasteiger partial charge in [-0.3, -0.25) is 4.90 Å². The highest BCUT2D eigenvalue weighted by Crippen LogP contribution is 2.40. The van der Waals surface area contributed by atoms with Gasteiger partial charge in [-0.1, -0.05) is 0 Å². The molecule has 1 aliphatic carbocycles. The maximum atomic E-state index is 12.5. The summed E-state index contributed by atoms with van der Waals surface area (Å²) in [5, 5.41) is 20.3. The first kappa shape index (κ1) is 14.4. The van der Waals surface area contributed by atoms with E-state index in [0.717, 1.165) is 0 Å². The summed E-state index contributed by atoms with van der Waals surface area (Å²) in [6, 6.07) is -0.106. The molecule has 2 rings (SSSR count). The molecular formula is C11H17F3N2O3. The van der Waals surface area contributed by atoms with Crippen molar-refractivity contribution in [3.8, 4) is 0 Å². The summed E-state index contributed by atoms with van der Waals surface area (Å²) in [6.07, 6.45) is -3.10. The maximum Gasteiger partial charge on any atom is 0.419 e. The Kier molecular flexibility index (Phi) is 3.65. The van der Waals surface area contributed by atoms with E-state index in [-0.39, 0.29) is 25.2 Å². The number of nitrogens with one attached hydrogen (secondary N) is 1. The minimum atomic E-state index is -4.58. The molecule has 3 N–H and O–H groups in total. The fourth-order valence-corrected chi connectivity index (χ4v) is 2.82. The predicted molar refractivity (Wildman–Crippen MR) is 59.8 cm³/mol. The first-order chi connectivity index (χ1) is 8.71. The standard InChI is InChI=1S/C11H17F3N2O3/c12-11(13,14)10(19)5-16(6-10)8-3-1-7(2-4-8)15-9(17)18/h7-8,15,19H,1-6H2,(H,17,18). The molecular weight excluding hydrogens is 265 g/mol. The summed E-state index contributed by atoms with van der Waals surface area (Å²) in [7, 11) is 0. The van der Waals surface area contributed by atoms with Crippen LogP contribution >= 0.6 is 0 Å². The Morgan fingerprint density at radius 2 is 1.74 bits per heavy atom. The third kappa shape index (κ3) is 2.94. The Morgan fingerprint density at radius 1 is 1.21 bits per heavy atom. The Labute approximate surface area is 108 Å². The van der Waals surface area contributed by atoms with Gasteiger partial charge in [-0.15, -0.1) is 0 Å². The van der Waals surface area contributed by atoms with Crippen molar-refractivity contribution in [3.63, 3.8) is 0 Å². The highest BCUT2D eigenvalue weighted by Gasteiger charge is 2.61. The van der Waals surface area contributed by atoms with Crippen LogP contribution in [0, 0.1) is 0 Å². The smallest absolute Gasteiger partial charge is 0.419 e. The molecule has 1 heterocycles. The van der Waals surface area contributed by atoms with Crippen LogP contribution in [0.3, 0.4) is 0 Å². The molecule has 1 amide bonds. The zero-order valence-electron chi connectivity index (χ0n) is 10.3. The highest BCUT2D eigenvalue weighted by atomic mass is 19.4. The first-order valence-electron chi connectivity index (χ1n) is 6.24. The topological polar surface area (TPSA) is 72.8 Å². The second-order valence-corrected chi connectivity index (χ2v) is 5.39. The van der Waals surface area contributed by atoms with Crippen molar-refractivity contribution in [3.05, 3.63) is 0 Å². The van der Waals surface area contributed by atoms with E-state index >= 15 is 0 Å². The van der Waals surface area contributed by atoms with Crippen LogP contribution in [0.15, 0.2) is 0 Å². The minimum absolute atomic E-state index is 0.00877. The molecule has 5 nitrogen and oxygen atoms in total. The first-order valence-corrected chi connectivity index (χ1v) is 6.24. The Bertz CT molecular complexity index is 348. The van der Waals surface area contributed by atoms with Crippen LogP contribution in [0.1, 0.15) is 25.7 Å². The Hall–Kier alpha value is -1.02. The van der Waals surface area contributed by atoms with E-state index in [1.165, 1.54) is 0 Å². The summed E-state index contributed by atoms with van der Waals surface area (Å²) >= 11 is 0. The molecule has 0 bridgehead atoms. The van der Waals surface area contributed by atoms with Gasteiger partial charge in [0.25, 0.3) is 0 Å². The van der Waals surface area contributed by atoms with E-state index < -0.39 is 17.9 Å². The number of carbonyl (C=O) groups is 1. The van der Waals surface area contributed by atoms with Gasteiger partial charge in [-0.2, -0.15) is 13.2 Å². The number of likely N-dealkylation sites (tertiary alicyclic amines) is 1. The Balaban J connectivity index is 1.77. The fraction of sp³-hybridized carbons (Fsp3) is 0.909. The lowest BCUT2D eigenvalue weighted by atomic mass is 9.84. The van der Waals surface area contributed by atoms with Gasteiger partial charge < -0.3 is 15.5 Å². The fourth-order valence-electron chi connectivity index (χ4n) is 2.82. The third-order valence-corrected chi connectivity index (χ3v) is 4.00. The van der Waals surface area contributed by atoms with Crippen molar-refractivity contribution in [2.45, 2.75) is 49.5 Å². The van der Waals surface area contributed by atoms with Gasteiger partial charge in [0.1, 0.15) is 0 Å². The van der Waals surface area contributed by atoms with Gasteiger partial charge in [0.2, 0.25) is 0 Å². The van der Waals surface area contributed by atoms with Gasteiger partial charge in [-0.05, 0) is 25.7 Å². The van der Waals surface area contributed by atoms with Crippen LogP contribution in [0.4, 0.5) is 18.0 Å². The summed E-state index contributed by atoms with van der Waals surface area (Å²) in [6.45, 7) is -0.754. The number of amides is 1. The quantitative estimate of drug-likeness (QED) is 0.711. The lowest BCUT2D eigenvalue weighted by molar-refractivity contribution is -0.306. The molecule has 19 heavy (non-hydrogen) atoms. The molecule has 0 unspecified atom stereocenters. The van der Waals surface area contributed by atoms with E-state index in [0.29, 0.717) is 25.7 Å². The average Bonchev–Trinajstić information content (AvgIpc) is 2.23. The maximum absolute atomic E-state index is 12.5. The van der Waals surface area contributed by atoms with Crippen LogP contribution in [-0.2, 0) is 0 Å². The predicted octanol–water partition coefficient (Wildman–Crippen LogP) is 1.17. The summed E-state index contributed by atoms with van der Waals surface area (Å²) in [4.78, 5) is 12.1. The van der Waals surface area contributed by atoms with Gasteiger partial charge in [0, 0.05) is 25.2 Å². The number of carboxylic acid groups (broad SMARTS) is 1. The molecule has 0 aromatic rings. The molecule has 0 spiro atoms. The lowest BCUT2D eigenvalue weighted by Gasteiger charge is -2.51. The van der Waals surface area contributed by atoms with E-state index in [9.17, 15) is 23.1 Å². The van der Waals surface area contributed by atoms with Crippen molar-refractivity contribution < 1.29 is 28.2 Å².